The van der Waals surface area contributed by atoms with Gasteiger partial charge in [0.2, 0.25) is 0 Å². The van der Waals surface area contributed by atoms with Crippen LogP contribution in [0.5, 0.6) is 0 Å². The predicted molar refractivity (Wildman–Crippen MR) is 137 cm³/mol. The second kappa shape index (κ2) is 12.3. The highest BCUT2D eigenvalue weighted by Gasteiger charge is 2.40. The maximum atomic E-state index is 12.6. The number of phosphoric ester groups is 1. The van der Waals surface area contributed by atoms with E-state index < -0.39 is 80.3 Å². The lowest BCUT2D eigenvalue weighted by Crippen LogP contribution is -2.33. The first-order chi connectivity index (χ1) is 19.4. The molecule has 220 valence electrons. The fourth-order valence-corrected chi connectivity index (χ4v) is 5.17. The number of phosphoric acid groups is 1. The minimum atomic E-state index is -4.78. The summed E-state index contributed by atoms with van der Waals surface area (Å²) in [7, 11) is -4.78. The van der Waals surface area contributed by atoms with Crippen LogP contribution in [0.4, 0.5) is 0 Å². The van der Waals surface area contributed by atoms with Crippen LogP contribution in [0, 0.1) is 13.8 Å². The van der Waals surface area contributed by atoms with Crippen molar-refractivity contribution >= 4 is 7.82 Å². The number of aromatic amines is 2. The van der Waals surface area contributed by atoms with E-state index in [0.717, 1.165) is 9.13 Å². The molecule has 20 nitrogen and oxygen atoms in total. The van der Waals surface area contributed by atoms with Crippen LogP contribution in [-0.2, 0) is 23.1 Å². The Kier molecular flexibility index (Phi) is 8.96. The Morgan fingerprint density at radius 3 is 1.66 bits per heavy atom. The van der Waals surface area contributed by atoms with Crippen molar-refractivity contribution in [2.24, 2.45) is 10.2 Å². The molecule has 2 aromatic rings. The number of aromatic nitrogens is 4. The van der Waals surface area contributed by atoms with Crippen LogP contribution in [0.25, 0.3) is 20.9 Å². The molecule has 2 saturated heterocycles. The molecule has 2 aromatic heterocycles. The highest BCUT2D eigenvalue weighted by atomic mass is 31.2. The summed E-state index contributed by atoms with van der Waals surface area (Å²) < 4.78 is 36.4. The van der Waals surface area contributed by atoms with Crippen LogP contribution in [-0.4, -0.2) is 61.5 Å². The van der Waals surface area contributed by atoms with Gasteiger partial charge in [-0.25, -0.2) is 14.2 Å². The van der Waals surface area contributed by atoms with E-state index in [0.29, 0.717) is 0 Å². The molecule has 0 aromatic carbocycles. The Balaban J connectivity index is 1.40. The molecule has 0 unspecified atom stereocenters. The highest BCUT2D eigenvalue weighted by molar-refractivity contribution is 7.47. The second-order valence-electron chi connectivity index (χ2n) is 9.29. The Hall–Kier alpha value is -3.99. The van der Waals surface area contributed by atoms with E-state index in [-0.39, 0.29) is 24.0 Å². The SMILES string of the molecule is Cc1cn([C@@H]2C[C@@H](N=[N+]=[N-])[C@H](COP(=O)(O)OC[C@@H]3O[C@H](n4cc(C)c(=O)[nH]c4=O)C[C@H]3N=[N+]=[N-])O2)c(=O)[nH]c1=O. The summed E-state index contributed by atoms with van der Waals surface area (Å²) in [4.78, 5) is 67.8. The van der Waals surface area contributed by atoms with Crippen LogP contribution in [0.3, 0.4) is 0 Å². The lowest BCUT2D eigenvalue weighted by Gasteiger charge is -2.21. The van der Waals surface area contributed by atoms with Crippen molar-refractivity contribution in [2.75, 3.05) is 13.2 Å². The Morgan fingerprint density at radius 2 is 1.29 bits per heavy atom. The van der Waals surface area contributed by atoms with Gasteiger partial charge in [0.25, 0.3) is 11.1 Å². The van der Waals surface area contributed by atoms with Crippen molar-refractivity contribution in [3.63, 3.8) is 0 Å². The zero-order valence-electron chi connectivity index (χ0n) is 21.6. The van der Waals surface area contributed by atoms with E-state index >= 15 is 0 Å². The number of ether oxygens (including phenoxy) is 2. The second-order valence-corrected chi connectivity index (χ2v) is 10.7. The third-order valence-electron chi connectivity index (χ3n) is 6.52. The summed E-state index contributed by atoms with van der Waals surface area (Å²) in [6.45, 7) is 1.81. The molecule has 0 amide bonds. The van der Waals surface area contributed by atoms with Gasteiger partial charge in [0, 0.05) is 46.2 Å². The first-order valence-electron chi connectivity index (χ1n) is 12.1. The third kappa shape index (κ3) is 6.84. The average molecular weight is 596 g/mol. The molecule has 0 radical (unpaired) electrons. The summed E-state index contributed by atoms with van der Waals surface area (Å²) in [5.74, 6) is 0. The minimum Gasteiger partial charge on any atom is -0.352 e. The van der Waals surface area contributed by atoms with E-state index in [4.69, 9.17) is 29.6 Å². The number of hydrogen-bond donors (Lipinski definition) is 3. The average Bonchev–Trinajstić information content (AvgIpc) is 3.50. The highest BCUT2D eigenvalue weighted by Crippen LogP contribution is 2.45. The van der Waals surface area contributed by atoms with E-state index in [1.165, 1.54) is 26.2 Å². The molecule has 2 aliphatic heterocycles. The molecule has 4 rings (SSSR count). The van der Waals surface area contributed by atoms with Crippen LogP contribution in [0.15, 0.2) is 41.8 Å². The van der Waals surface area contributed by atoms with Crippen LogP contribution in [0.2, 0.25) is 0 Å². The van der Waals surface area contributed by atoms with Gasteiger partial charge in [0.15, 0.2) is 0 Å². The Labute approximate surface area is 228 Å². The number of nitrogens with zero attached hydrogens (tertiary/aromatic N) is 8. The maximum Gasteiger partial charge on any atom is 0.472 e. The summed E-state index contributed by atoms with van der Waals surface area (Å²) >= 11 is 0. The third-order valence-corrected chi connectivity index (χ3v) is 7.48. The Bertz CT molecular complexity index is 1570. The number of nitrogens with one attached hydrogen (secondary N) is 2. The number of H-pyrrole nitrogens is 2. The fraction of sp³-hybridized carbons (Fsp3) is 0.600. The van der Waals surface area contributed by atoms with E-state index in [9.17, 15) is 28.6 Å². The van der Waals surface area contributed by atoms with Gasteiger partial charge in [-0.2, -0.15) is 0 Å². The van der Waals surface area contributed by atoms with Gasteiger partial charge in [0.1, 0.15) is 12.5 Å². The normalized spacial score (nSPS) is 27.1. The molecule has 3 N–H and O–H groups in total. The van der Waals surface area contributed by atoms with Gasteiger partial charge in [-0.05, 0) is 24.9 Å². The van der Waals surface area contributed by atoms with Crippen LogP contribution >= 0.6 is 7.82 Å². The smallest absolute Gasteiger partial charge is 0.352 e. The van der Waals surface area contributed by atoms with E-state index in [1.807, 2.05) is 0 Å². The molecular weight excluding hydrogens is 571 g/mol. The van der Waals surface area contributed by atoms with Gasteiger partial charge in [-0.3, -0.25) is 37.7 Å². The molecule has 2 aliphatic rings. The summed E-state index contributed by atoms with van der Waals surface area (Å²) in [5.41, 5.74) is 15.6. The summed E-state index contributed by atoms with van der Waals surface area (Å²) in [6.07, 6.45) is -1.47. The number of aryl methyl sites for hydroxylation is 2. The van der Waals surface area contributed by atoms with Crippen molar-refractivity contribution in [3.05, 3.63) is 86.1 Å². The number of rotatable bonds is 10. The first kappa shape index (κ1) is 30.0. The topological polar surface area (TPSA) is 281 Å². The van der Waals surface area contributed by atoms with Crippen molar-refractivity contribution in [3.8, 4) is 0 Å². The van der Waals surface area contributed by atoms with Gasteiger partial charge in [0.05, 0.1) is 37.5 Å². The zero-order chi connectivity index (χ0) is 29.9. The molecule has 0 bridgehead atoms. The molecule has 6 atom stereocenters. The van der Waals surface area contributed by atoms with Crippen molar-refractivity contribution in [1.29, 1.82) is 0 Å². The largest absolute Gasteiger partial charge is 0.472 e. The standard InChI is InChI=1S/C20H25N10O10P/c1-9-5-29(19(33)23-17(9)31)15-3-11(25-27-21)13(39-15)7-37-41(35,36)38-8-14-12(26-28-22)4-16(40-14)30-6-10(2)18(32)24-20(30)34/h5-6,11-16H,3-4,7-8H2,1-2H3,(H,35,36)(H,23,31,33)(H,24,32,34)/t11-,12-,13+,14+,15+,16+/m1/s1. The summed E-state index contributed by atoms with van der Waals surface area (Å²) in [5, 5.41) is 7.21. The zero-order valence-corrected chi connectivity index (χ0v) is 22.5. The van der Waals surface area contributed by atoms with Crippen LogP contribution in [0.1, 0.15) is 36.4 Å². The van der Waals surface area contributed by atoms with Crippen molar-refractivity contribution in [1.82, 2.24) is 19.1 Å². The molecule has 21 heteroatoms. The van der Waals surface area contributed by atoms with Crippen LogP contribution < -0.4 is 22.5 Å². The predicted octanol–water partition coefficient (Wildman–Crippen LogP) is 0.770. The lowest BCUT2D eigenvalue weighted by molar-refractivity contribution is -0.0401. The molecule has 4 heterocycles. The lowest BCUT2D eigenvalue weighted by atomic mass is 10.1. The van der Waals surface area contributed by atoms with Gasteiger partial charge in [-0.1, -0.05) is 10.2 Å². The molecule has 0 saturated carbocycles. The molecule has 2 fully saturated rings. The van der Waals surface area contributed by atoms with Gasteiger partial charge < -0.3 is 14.4 Å². The molecule has 0 spiro atoms. The van der Waals surface area contributed by atoms with Crippen molar-refractivity contribution in [2.45, 2.75) is 63.4 Å². The van der Waals surface area contributed by atoms with Gasteiger partial charge in [-0.15, -0.1) is 0 Å². The molecule has 0 aliphatic carbocycles. The quantitative estimate of drug-likeness (QED) is 0.150. The summed E-state index contributed by atoms with van der Waals surface area (Å²) in [6, 6.07) is -1.78. The minimum absolute atomic E-state index is 0.00874. The van der Waals surface area contributed by atoms with Crippen molar-refractivity contribution < 1.29 is 28.0 Å². The monoisotopic (exact) mass is 596 g/mol. The van der Waals surface area contributed by atoms with E-state index in [2.05, 4.69) is 30.0 Å². The molecular formula is C20H25N10O10P. The first-order valence-corrected chi connectivity index (χ1v) is 13.6. The maximum absolute atomic E-state index is 12.6. The Morgan fingerprint density at radius 1 is 0.902 bits per heavy atom. The number of hydrogen-bond acceptors (Lipinski definition) is 11. The fourth-order valence-electron chi connectivity index (χ4n) is 4.42. The number of azide groups is 2. The van der Waals surface area contributed by atoms with E-state index in [1.54, 1.807) is 0 Å². The molecule has 41 heavy (non-hydrogen) atoms. The van der Waals surface area contributed by atoms with Gasteiger partial charge >= 0.3 is 19.2 Å².